The highest BCUT2D eigenvalue weighted by molar-refractivity contribution is 5.95. The van der Waals surface area contributed by atoms with Crippen molar-refractivity contribution in [3.05, 3.63) is 41.7 Å². The van der Waals surface area contributed by atoms with E-state index in [4.69, 9.17) is 9.47 Å². The molecule has 0 saturated carbocycles. The van der Waals surface area contributed by atoms with Crippen molar-refractivity contribution in [2.24, 2.45) is 0 Å². The van der Waals surface area contributed by atoms with Gasteiger partial charge in [0.1, 0.15) is 5.69 Å². The fraction of sp³-hybridized carbons (Fsp3) is 0.421. The van der Waals surface area contributed by atoms with Crippen LogP contribution in [-0.2, 0) is 6.54 Å². The van der Waals surface area contributed by atoms with E-state index >= 15 is 0 Å². The summed E-state index contributed by atoms with van der Waals surface area (Å²) in [7, 11) is 0. The zero-order valence-corrected chi connectivity index (χ0v) is 15.3. The van der Waals surface area contributed by atoms with E-state index in [0.29, 0.717) is 55.5 Å². The number of carbonyl (C=O) groups excluding carboxylic acids is 2. The van der Waals surface area contributed by atoms with Crippen LogP contribution in [0.2, 0.25) is 0 Å². The normalized spacial score (nSPS) is 16.3. The summed E-state index contributed by atoms with van der Waals surface area (Å²) in [4.78, 5) is 29.3. The minimum absolute atomic E-state index is 0.0354. The third-order valence-corrected chi connectivity index (χ3v) is 4.93. The first kappa shape index (κ1) is 17.4. The van der Waals surface area contributed by atoms with Crippen LogP contribution < -0.4 is 9.47 Å². The SMILES string of the molecule is CCn1nccc1C(=O)N1CCCN(C(=O)c2ccc3c(c2)OCO3)CC1. The number of hydrogen-bond donors (Lipinski definition) is 0. The molecule has 0 N–H and O–H groups in total. The molecule has 0 bridgehead atoms. The van der Waals surface area contributed by atoms with Crippen molar-refractivity contribution >= 4 is 11.8 Å². The number of aryl methyl sites for hydroxylation is 1. The molecule has 4 rings (SSSR count). The molecular weight excluding hydrogens is 348 g/mol. The lowest BCUT2D eigenvalue weighted by Crippen LogP contribution is -2.38. The number of benzene rings is 1. The summed E-state index contributed by atoms with van der Waals surface area (Å²) in [5.41, 5.74) is 1.16. The Hall–Kier alpha value is -3.03. The second-order valence-corrected chi connectivity index (χ2v) is 6.54. The Balaban J connectivity index is 1.44. The largest absolute Gasteiger partial charge is 0.454 e. The van der Waals surface area contributed by atoms with Gasteiger partial charge in [-0.15, -0.1) is 0 Å². The molecule has 0 spiro atoms. The molecule has 27 heavy (non-hydrogen) atoms. The number of amides is 2. The Morgan fingerprint density at radius 3 is 2.52 bits per heavy atom. The summed E-state index contributed by atoms with van der Waals surface area (Å²) in [6, 6.07) is 6.98. The predicted molar refractivity (Wildman–Crippen MR) is 96.9 cm³/mol. The van der Waals surface area contributed by atoms with Crippen molar-refractivity contribution in [1.29, 1.82) is 0 Å². The summed E-state index contributed by atoms with van der Waals surface area (Å²) in [5.74, 6) is 1.17. The van der Waals surface area contributed by atoms with E-state index in [1.165, 1.54) is 0 Å². The summed E-state index contributed by atoms with van der Waals surface area (Å²) in [6.07, 6.45) is 2.38. The molecule has 2 amide bonds. The molecule has 0 aliphatic carbocycles. The van der Waals surface area contributed by atoms with E-state index in [1.807, 2.05) is 6.92 Å². The standard InChI is InChI=1S/C19H22N4O4/c1-2-23-15(6-7-20-23)19(25)22-9-3-8-21(10-11-22)18(24)14-4-5-16-17(12-14)27-13-26-16/h4-7,12H,2-3,8-11,13H2,1H3. The molecule has 0 atom stereocenters. The minimum atomic E-state index is -0.0544. The van der Waals surface area contributed by atoms with Crippen molar-refractivity contribution in [1.82, 2.24) is 19.6 Å². The first-order valence-corrected chi connectivity index (χ1v) is 9.17. The Labute approximate surface area is 157 Å². The average molecular weight is 370 g/mol. The van der Waals surface area contributed by atoms with Crippen LogP contribution in [0.15, 0.2) is 30.5 Å². The van der Waals surface area contributed by atoms with Crippen LogP contribution in [0.3, 0.4) is 0 Å². The highest BCUT2D eigenvalue weighted by Gasteiger charge is 2.26. The van der Waals surface area contributed by atoms with Gasteiger partial charge in [0.25, 0.3) is 11.8 Å². The van der Waals surface area contributed by atoms with Gasteiger partial charge in [0.2, 0.25) is 6.79 Å². The van der Waals surface area contributed by atoms with Crippen LogP contribution in [0.25, 0.3) is 0 Å². The van der Waals surface area contributed by atoms with Gasteiger partial charge in [-0.25, -0.2) is 0 Å². The Morgan fingerprint density at radius 2 is 1.74 bits per heavy atom. The van der Waals surface area contributed by atoms with Gasteiger partial charge in [-0.3, -0.25) is 14.3 Å². The Kier molecular flexibility index (Phi) is 4.70. The van der Waals surface area contributed by atoms with Crippen LogP contribution in [0.5, 0.6) is 11.5 Å². The maximum Gasteiger partial charge on any atom is 0.272 e. The van der Waals surface area contributed by atoms with E-state index in [9.17, 15) is 9.59 Å². The van der Waals surface area contributed by atoms with Gasteiger partial charge < -0.3 is 19.3 Å². The summed E-state index contributed by atoms with van der Waals surface area (Å²) >= 11 is 0. The molecule has 2 aliphatic rings. The molecule has 8 heteroatoms. The second kappa shape index (κ2) is 7.30. The lowest BCUT2D eigenvalue weighted by atomic mass is 10.1. The zero-order chi connectivity index (χ0) is 18.8. The number of hydrogen-bond acceptors (Lipinski definition) is 5. The zero-order valence-electron chi connectivity index (χ0n) is 15.3. The monoisotopic (exact) mass is 370 g/mol. The van der Waals surface area contributed by atoms with Crippen molar-refractivity contribution in [3.8, 4) is 11.5 Å². The number of ether oxygens (including phenoxy) is 2. The van der Waals surface area contributed by atoms with Crippen LogP contribution in [0, 0.1) is 0 Å². The first-order valence-electron chi connectivity index (χ1n) is 9.17. The van der Waals surface area contributed by atoms with Crippen molar-refractivity contribution in [2.45, 2.75) is 19.9 Å². The predicted octanol–water partition coefficient (Wildman–Crippen LogP) is 1.62. The molecule has 1 saturated heterocycles. The third-order valence-electron chi connectivity index (χ3n) is 4.93. The third kappa shape index (κ3) is 3.34. The Bertz CT molecular complexity index is 863. The Morgan fingerprint density at radius 1 is 1.00 bits per heavy atom. The van der Waals surface area contributed by atoms with Crippen LogP contribution in [-0.4, -0.2) is 64.4 Å². The second-order valence-electron chi connectivity index (χ2n) is 6.54. The number of carbonyl (C=O) groups is 2. The number of fused-ring (bicyclic) bond motifs is 1. The number of nitrogens with zero attached hydrogens (tertiary/aromatic N) is 4. The van der Waals surface area contributed by atoms with Crippen molar-refractivity contribution in [2.75, 3.05) is 33.0 Å². The lowest BCUT2D eigenvalue weighted by molar-refractivity contribution is 0.0712. The highest BCUT2D eigenvalue weighted by Crippen LogP contribution is 2.32. The molecule has 2 aromatic rings. The van der Waals surface area contributed by atoms with Gasteiger partial charge in [0.15, 0.2) is 11.5 Å². The van der Waals surface area contributed by atoms with Gasteiger partial charge in [0.05, 0.1) is 0 Å². The van der Waals surface area contributed by atoms with Gasteiger partial charge in [-0.2, -0.15) is 5.10 Å². The smallest absolute Gasteiger partial charge is 0.272 e. The van der Waals surface area contributed by atoms with Gasteiger partial charge in [-0.1, -0.05) is 0 Å². The fourth-order valence-electron chi connectivity index (χ4n) is 3.46. The maximum atomic E-state index is 12.9. The van der Waals surface area contributed by atoms with E-state index in [2.05, 4.69) is 5.10 Å². The van der Waals surface area contributed by atoms with Crippen molar-refractivity contribution < 1.29 is 19.1 Å². The number of rotatable bonds is 3. The van der Waals surface area contributed by atoms with Crippen LogP contribution in [0.1, 0.15) is 34.2 Å². The van der Waals surface area contributed by atoms with Crippen LogP contribution in [0.4, 0.5) is 0 Å². The van der Waals surface area contributed by atoms with Gasteiger partial charge >= 0.3 is 0 Å². The topological polar surface area (TPSA) is 76.9 Å². The van der Waals surface area contributed by atoms with E-state index in [1.54, 1.807) is 44.9 Å². The molecule has 1 fully saturated rings. The molecule has 3 heterocycles. The summed E-state index contributed by atoms with van der Waals surface area (Å²) in [6.45, 7) is 5.03. The molecule has 2 aliphatic heterocycles. The molecule has 142 valence electrons. The molecule has 1 aromatic carbocycles. The highest BCUT2D eigenvalue weighted by atomic mass is 16.7. The maximum absolute atomic E-state index is 12.9. The summed E-state index contributed by atoms with van der Waals surface area (Å²) in [5, 5.41) is 4.17. The van der Waals surface area contributed by atoms with E-state index < -0.39 is 0 Å². The minimum Gasteiger partial charge on any atom is -0.454 e. The fourth-order valence-corrected chi connectivity index (χ4v) is 3.46. The van der Waals surface area contributed by atoms with E-state index in [0.717, 1.165) is 6.42 Å². The van der Waals surface area contributed by atoms with Crippen LogP contribution >= 0.6 is 0 Å². The number of aromatic nitrogens is 2. The molecule has 0 unspecified atom stereocenters. The molecular formula is C19H22N4O4. The molecule has 0 radical (unpaired) electrons. The first-order chi connectivity index (χ1) is 13.2. The van der Waals surface area contributed by atoms with E-state index in [-0.39, 0.29) is 18.6 Å². The van der Waals surface area contributed by atoms with Gasteiger partial charge in [0, 0.05) is 44.5 Å². The van der Waals surface area contributed by atoms with Gasteiger partial charge in [-0.05, 0) is 37.6 Å². The lowest BCUT2D eigenvalue weighted by Gasteiger charge is -2.22. The van der Waals surface area contributed by atoms with Crippen molar-refractivity contribution in [3.63, 3.8) is 0 Å². The average Bonchev–Trinajstić information content (AvgIpc) is 3.29. The molecule has 8 nitrogen and oxygen atoms in total. The molecule has 1 aromatic heterocycles. The quantitative estimate of drug-likeness (QED) is 0.821. The summed E-state index contributed by atoms with van der Waals surface area (Å²) < 4.78 is 12.4.